The van der Waals surface area contributed by atoms with Gasteiger partial charge < -0.3 is 15.7 Å². The fraction of sp³-hybridized carbons (Fsp3) is 0.600. The van der Waals surface area contributed by atoms with Crippen molar-refractivity contribution < 1.29 is 5.11 Å². The van der Waals surface area contributed by atoms with Crippen molar-refractivity contribution in [2.45, 2.75) is 45.6 Å². The van der Waals surface area contributed by atoms with Crippen LogP contribution in [-0.4, -0.2) is 34.3 Å². The Morgan fingerprint density at radius 2 is 2.10 bits per heavy atom. The lowest BCUT2D eigenvalue weighted by molar-refractivity contribution is 0.0636. The molecule has 1 unspecified atom stereocenters. The average Bonchev–Trinajstić information content (AvgIpc) is 2.87. The molecule has 116 valence electrons. The van der Waals surface area contributed by atoms with Crippen molar-refractivity contribution >= 4 is 33.3 Å². The zero-order valence-corrected chi connectivity index (χ0v) is 14.0. The summed E-state index contributed by atoms with van der Waals surface area (Å²) in [5.41, 5.74) is -0.727. The lowest BCUT2D eigenvalue weighted by atomic mass is 10.0. The molecule has 0 aliphatic rings. The van der Waals surface area contributed by atoms with Crippen LogP contribution >= 0.6 is 11.3 Å². The highest BCUT2D eigenvalue weighted by atomic mass is 32.1. The zero-order valence-electron chi connectivity index (χ0n) is 13.2. The van der Waals surface area contributed by atoms with Gasteiger partial charge in [-0.15, -0.1) is 11.3 Å². The number of aliphatic hydroxyl groups is 1. The lowest BCUT2D eigenvalue weighted by Gasteiger charge is -2.23. The maximum atomic E-state index is 10.3. The number of nitrogens with zero attached hydrogens (tertiary/aromatic N) is 2. The van der Waals surface area contributed by atoms with Crippen molar-refractivity contribution in [2.75, 3.05) is 24.2 Å². The monoisotopic (exact) mass is 308 g/mol. The first kappa shape index (κ1) is 16.0. The van der Waals surface area contributed by atoms with E-state index in [2.05, 4.69) is 40.5 Å². The third-order valence-electron chi connectivity index (χ3n) is 3.44. The fourth-order valence-corrected chi connectivity index (χ4v) is 3.26. The summed E-state index contributed by atoms with van der Waals surface area (Å²) >= 11 is 1.69. The summed E-state index contributed by atoms with van der Waals surface area (Å²) in [5, 5.41) is 17.6. The molecule has 0 saturated heterocycles. The van der Waals surface area contributed by atoms with Crippen LogP contribution in [0.5, 0.6) is 0 Å². The highest BCUT2D eigenvalue weighted by Gasteiger charge is 2.20. The molecule has 0 amide bonds. The SMILES string of the molecule is CCCC(C)(O)CNc1nc(NC)nc2sc(CC)cc12. The van der Waals surface area contributed by atoms with Crippen LogP contribution in [0.15, 0.2) is 6.07 Å². The van der Waals surface area contributed by atoms with E-state index in [0.717, 1.165) is 35.3 Å². The molecule has 5 nitrogen and oxygen atoms in total. The molecule has 2 rings (SSSR count). The van der Waals surface area contributed by atoms with Crippen LogP contribution in [0.2, 0.25) is 0 Å². The molecule has 0 aliphatic carbocycles. The number of aromatic nitrogens is 2. The van der Waals surface area contributed by atoms with Crippen molar-refractivity contribution in [1.82, 2.24) is 9.97 Å². The summed E-state index contributed by atoms with van der Waals surface area (Å²) in [6, 6.07) is 2.14. The first-order valence-corrected chi connectivity index (χ1v) is 8.25. The van der Waals surface area contributed by atoms with Gasteiger partial charge in [-0.1, -0.05) is 20.3 Å². The van der Waals surface area contributed by atoms with Crippen LogP contribution in [0.1, 0.15) is 38.5 Å². The van der Waals surface area contributed by atoms with Gasteiger partial charge in [0.05, 0.1) is 11.0 Å². The third kappa shape index (κ3) is 3.83. The summed E-state index contributed by atoms with van der Waals surface area (Å²) in [6.45, 7) is 6.54. The maximum Gasteiger partial charge on any atom is 0.225 e. The largest absolute Gasteiger partial charge is 0.388 e. The number of hydrogen-bond donors (Lipinski definition) is 3. The number of thiophene rings is 1. The standard InChI is InChI=1S/C15H24N4OS/c1-5-7-15(3,20)9-17-12-11-8-10(6-2)21-13(11)19-14(16-4)18-12/h8,20H,5-7,9H2,1-4H3,(H2,16,17,18,19). The highest BCUT2D eigenvalue weighted by Crippen LogP contribution is 2.30. The molecule has 0 aliphatic heterocycles. The highest BCUT2D eigenvalue weighted by molar-refractivity contribution is 7.18. The van der Waals surface area contributed by atoms with Crippen molar-refractivity contribution in [2.24, 2.45) is 0 Å². The van der Waals surface area contributed by atoms with Gasteiger partial charge in [-0.3, -0.25) is 0 Å². The molecule has 1 atom stereocenters. The average molecular weight is 308 g/mol. The first-order valence-electron chi connectivity index (χ1n) is 7.43. The fourth-order valence-electron chi connectivity index (χ4n) is 2.29. The number of fused-ring (bicyclic) bond motifs is 1. The number of hydrogen-bond acceptors (Lipinski definition) is 6. The topological polar surface area (TPSA) is 70.1 Å². The second kappa shape index (κ2) is 6.58. The van der Waals surface area contributed by atoms with Crippen molar-refractivity contribution in [3.8, 4) is 0 Å². The van der Waals surface area contributed by atoms with Gasteiger partial charge in [0.1, 0.15) is 10.6 Å². The number of anilines is 2. The van der Waals surface area contributed by atoms with Crippen LogP contribution in [0.4, 0.5) is 11.8 Å². The molecule has 0 spiro atoms. The van der Waals surface area contributed by atoms with Crippen LogP contribution in [-0.2, 0) is 6.42 Å². The first-order chi connectivity index (χ1) is 9.99. The Bertz CT molecular complexity index is 609. The lowest BCUT2D eigenvalue weighted by Crippen LogP contribution is -2.33. The van der Waals surface area contributed by atoms with Gasteiger partial charge in [-0.25, -0.2) is 4.98 Å². The van der Waals surface area contributed by atoms with Gasteiger partial charge in [0.25, 0.3) is 0 Å². The summed E-state index contributed by atoms with van der Waals surface area (Å²) in [4.78, 5) is 11.3. The Kier molecular flexibility index (Phi) is 5.00. The Morgan fingerprint density at radius 1 is 1.33 bits per heavy atom. The Morgan fingerprint density at radius 3 is 2.71 bits per heavy atom. The van der Waals surface area contributed by atoms with Gasteiger partial charge in [-0.05, 0) is 25.8 Å². The molecule has 0 radical (unpaired) electrons. The minimum absolute atomic E-state index is 0.480. The molecular formula is C15H24N4OS. The number of rotatable bonds is 7. The summed E-state index contributed by atoms with van der Waals surface area (Å²) < 4.78 is 0. The van der Waals surface area contributed by atoms with E-state index in [1.807, 2.05) is 14.0 Å². The van der Waals surface area contributed by atoms with E-state index < -0.39 is 5.60 Å². The third-order valence-corrected chi connectivity index (χ3v) is 4.61. The zero-order chi connectivity index (χ0) is 15.5. The predicted octanol–water partition coefficient (Wildman–Crippen LogP) is 3.26. The smallest absolute Gasteiger partial charge is 0.225 e. The Hall–Kier alpha value is -1.40. The van der Waals surface area contributed by atoms with E-state index in [9.17, 15) is 5.11 Å². The second-order valence-electron chi connectivity index (χ2n) is 5.53. The van der Waals surface area contributed by atoms with Crippen molar-refractivity contribution in [3.63, 3.8) is 0 Å². The van der Waals surface area contributed by atoms with E-state index in [4.69, 9.17) is 0 Å². The van der Waals surface area contributed by atoms with E-state index in [-0.39, 0.29) is 0 Å². The summed E-state index contributed by atoms with van der Waals surface area (Å²) in [6.07, 6.45) is 2.70. The van der Waals surface area contributed by atoms with Crippen LogP contribution in [0, 0.1) is 0 Å². The van der Waals surface area contributed by atoms with E-state index >= 15 is 0 Å². The van der Waals surface area contributed by atoms with Crippen molar-refractivity contribution in [1.29, 1.82) is 0 Å². The molecule has 2 aromatic rings. The van der Waals surface area contributed by atoms with Crippen LogP contribution in [0.3, 0.4) is 0 Å². The number of aryl methyl sites for hydroxylation is 1. The minimum atomic E-state index is -0.727. The quantitative estimate of drug-likeness (QED) is 0.732. The summed E-state index contributed by atoms with van der Waals surface area (Å²) in [5.74, 6) is 1.39. The molecule has 0 aromatic carbocycles. The Balaban J connectivity index is 2.30. The van der Waals surface area contributed by atoms with Crippen molar-refractivity contribution in [3.05, 3.63) is 10.9 Å². The van der Waals surface area contributed by atoms with Gasteiger partial charge in [0.2, 0.25) is 5.95 Å². The van der Waals surface area contributed by atoms with Gasteiger partial charge in [0, 0.05) is 18.5 Å². The molecule has 0 saturated carbocycles. The maximum absolute atomic E-state index is 10.3. The molecule has 3 N–H and O–H groups in total. The van der Waals surface area contributed by atoms with E-state index in [1.54, 1.807) is 11.3 Å². The molecule has 2 aromatic heterocycles. The van der Waals surface area contributed by atoms with Crippen LogP contribution in [0.25, 0.3) is 10.2 Å². The summed E-state index contributed by atoms with van der Waals surface area (Å²) in [7, 11) is 1.81. The molecule has 0 fully saturated rings. The second-order valence-corrected chi connectivity index (χ2v) is 6.65. The van der Waals surface area contributed by atoms with Crippen LogP contribution < -0.4 is 10.6 Å². The molecule has 6 heteroatoms. The molecule has 2 heterocycles. The van der Waals surface area contributed by atoms with Gasteiger partial charge >= 0.3 is 0 Å². The van der Waals surface area contributed by atoms with Gasteiger partial charge in [0.15, 0.2) is 0 Å². The molecular weight excluding hydrogens is 284 g/mol. The normalized spacial score (nSPS) is 14.1. The minimum Gasteiger partial charge on any atom is -0.388 e. The number of nitrogens with one attached hydrogen (secondary N) is 2. The predicted molar refractivity (Wildman–Crippen MR) is 90.4 cm³/mol. The molecule has 21 heavy (non-hydrogen) atoms. The van der Waals surface area contributed by atoms with E-state index in [1.165, 1.54) is 4.88 Å². The molecule has 0 bridgehead atoms. The van der Waals surface area contributed by atoms with Gasteiger partial charge in [-0.2, -0.15) is 4.98 Å². The van der Waals surface area contributed by atoms with E-state index in [0.29, 0.717) is 12.5 Å². The Labute approximate surface area is 129 Å².